The summed E-state index contributed by atoms with van der Waals surface area (Å²) in [6.07, 6.45) is 5.11. The fourth-order valence-corrected chi connectivity index (χ4v) is 2.42. The van der Waals surface area contributed by atoms with E-state index in [0.717, 1.165) is 11.9 Å². The largest absolute Gasteiger partial charge is 0.316 e. The number of hydrogen-bond acceptors (Lipinski definition) is 2. The quantitative estimate of drug-likeness (QED) is 0.566. The SMILES string of the molecule is BrCCCCCNCCc1cccs1. The molecule has 0 aliphatic rings. The third kappa shape index (κ3) is 5.78. The Morgan fingerprint density at radius 1 is 1.21 bits per heavy atom. The third-order valence-corrected chi connectivity index (χ3v) is 3.61. The van der Waals surface area contributed by atoms with Crippen LogP contribution in [0.5, 0.6) is 0 Å². The molecule has 1 nitrogen and oxygen atoms in total. The molecule has 0 amide bonds. The zero-order valence-electron chi connectivity index (χ0n) is 8.47. The van der Waals surface area contributed by atoms with Gasteiger partial charge in [0.1, 0.15) is 0 Å². The number of unbranched alkanes of at least 4 members (excludes halogenated alkanes) is 2. The van der Waals surface area contributed by atoms with Crippen LogP contribution in [0, 0.1) is 0 Å². The maximum atomic E-state index is 3.47. The van der Waals surface area contributed by atoms with Crippen molar-refractivity contribution in [1.82, 2.24) is 5.32 Å². The van der Waals surface area contributed by atoms with E-state index in [4.69, 9.17) is 0 Å². The predicted molar refractivity (Wildman–Crippen MR) is 68.5 cm³/mol. The maximum absolute atomic E-state index is 3.47. The average molecular weight is 276 g/mol. The first-order valence-corrected chi connectivity index (χ1v) is 7.22. The van der Waals surface area contributed by atoms with Crippen LogP contribution in [0.25, 0.3) is 0 Å². The van der Waals surface area contributed by atoms with E-state index < -0.39 is 0 Å². The van der Waals surface area contributed by atoms with Gasteiger partial charge in [-0.15, -0.1) is 11.3 Å². The fourth-order valence-electron chi connectivity index (χ4n) is 1.31. The van der Waals surface area contributed by atoms with Crippen LogP contribution >= 0.6 is 27.3 Å². The van der Waals surface area contributed by atoms with Crippen LogP contribution in [0.1, 0.15) is 24.1 Å². The Hall–Kier alpha value is 0.140. The van der Waals surface area contributed by atoms with Crippen molar-refractivity contribution in [3.8, 4) is 0 Å². The van der Waals surface area contributed by atoms with Crippen molar-refractivity contribution in [3.63, 3.8) is 0 Å². The number of rotatable bonds is 8. The van der Waals surface area contributed by atoms with E-state index in [1.807, 2.05) is 11.3 Å². The minimum Gasteiger partial charge on any atom is -0.316 e. The van der Waals surface area contributed by atoms with Crippen molar-refractivity contribution in [2.45, 2.75) is 25.7 Å². The van der Waals surface area contributed by atoms with Gasteiger partial charge in [-0.3, -0.25) is 0 Å². The van der Waals surface area contributed by atoms with E-state index in [1.165, 1.54) is 37.1 Å². The first-order valence-electron chi connectivity index (χ1n) is 5.22. The Labute approximate surface area is 99.0 Å². The van der Waals surface area contributed by atoms with Crippen molar-refractivity contribution in [2.24, 2.45) is 0 Å². The summed E-state index contributed by atoms with van der Waals surface area (Å²) in [5.41, 5.74) is 0. The molecule has 0 radical (unpaired) electrons. The molecule has 0 bridgehead atoms. The van der Waals surface area contributed by atoms with Gasteiger partial charge in [0.15, 0.2) is 0 Å². The van der Waals surface area contributed by atoms with Crippen LogP contribution in [-0.2, 0) is 6.42 Å². The smallest absolute Gasteiger partial charge is 0.00578 e. The monoisotopic (exact) mass is 275 g/mol. The number of thiophene rings is 1. The van der Waals surface area contributed by atoms with Gasteiger partial charge in [-0.25, -0.2) is 0 Å². The highest BCUT2D eigenvalue weighted by atomic mass is 79.9. The highest BCUT2D eigenvalue weighted by Crippen LogP contribution is 2.08. The Morgan fingerprint density at radius 3 is 2.86 bits per heavy atom. The first kappa shape index (κ1) is 12.2. The Morgan fingerprint density at radius 2 is 2.14 bits per heavy atom. The van der Waals surface area contributed by atoms with Crippen molar-refractivity contribution < 1.29 is 0 Å². The van der Waals surface area contributed by atoms with E-state index in [2.05, 4.69) is 38.8 Å². The second kappa shape index (κ2) is 8.45. The molecule has 0 aromatic carbocycles. The van der Waals surface area contributed by atoms with Gasteiger partial charge in [0, 0.05) is 10.2 Å². The molecular weight excluding hydrogens is 258 g/mol. The van der Waals surface area contributed by atoms with Gasteiger partial charge in [-0.05, 0) is 43.8 Å². The maximum Gasteiger partial charge on any atom is 0.00578 e. The fraction of sp³-hybridized carbons (Fsp3) is 0.636. The summed E-state index contributed by atoms with van der Waals surface area (Å²) in [4.78, 5) is 1.48. The summed E-state index contributed by atoms with van der Waals surface area (Å²) >= 11 is 5.29. The van der Waals surface area contributed by atoms with Gasteiger partial charge in [0.05, 0.1) is 0 Å². The summed E-state index contributed by atoms with van der Waals surface area (Å²) in [6, 6.07) is 4.33. The van der Waals surface area contributed by atoms with Gasteiger partial charge >= 0.3 is 0 Å². The lowest BCUT2D eigenvalue weighted by Gasteiger charge is -2.02. The molecule has 0 spiro atoms. The lowest BCUT2D eigenvalue weighted by molar-refractivity contribution is 0.621. The Kier molecular flexibility index (Phi) is 7.37. The highest BCUT2D eigenvalue weighted by molar-refractivity contribution is 9.09. The van der Waals surface area contributed by atoms with Gasteiger partial charge in [-0.2, -0.15) is 0 Å². The molecule has 0 aliphatic carbocycles. The molecular formula is C11H18BrNS. The second-order valence-electron chi connectivity index (χ2n) is 3.33. The molecule has 0 fully saturated rings. The average Bonchev–Trinajstić information content (AvgIpc) is 2.69. The Bertz CT molecular complexity index is 211. The first-order chi connectivity index (χ1) is 6.93. The van der Waals surface area contributed by atoms with Gasteiger partial charge in [0.25, 0.3) is 0 Å². The molecule has 0 aliphatic heterocycles. The molecule has 0 saturated carbocycles. The van der Waals surface area contributed by atoms with E-state index in [1.54, 1.807) is 0 Å². The van der Waals surface area contributed by atoms with E-state index in [-0.39, 0.29) is 0 Å². The minimum atomic E-state index is 1.12. The second-order valence-corrected chi connectivity index (χ2v) is 5.15. The number of hydrogen-bond donors (Lipinski definition) is 1. The summed E-state index contributed by atoms with van der Waals surface area (Å²) < 4.78 is 0. The summed E-state index contributed by atoms with van der Waals surface area (Å²) in [7, 11) is 0. The summed E-state index contributed by atoms with van der Waals surface area (Å²) in [5, 5.41) is 6.76. The molecule has 1 aromatic heterocycles. The van der Waals surface area contributed by atoms with E-state index in [0.29, 0.717) is 0 Å². The van der Waals surface area contributed by atoms with Crippen molar-refractivity contribution >= 4 is 27.3 Å². The van der Waals surface area contributed by atoms with Crippen LogP contribution in [0.4, 0.5) is 0 Å². The topological polar surface area (TPSA) is 12.0 Å². The minimum absolute atomic E-state index is 1.12. The normalized spacial score (nSPS) is 10.6. The lowest BCUT2D eigenvalue weighted by atomic mass is 10.2. The third-order valence-electron chi connectivity index (χ3n) is 2.12. The van der Waals surface area contributed by atoms with E-state index >= 15 is 0 Å². The predicted octanol–water partition coefficient (Wildman–Crippen LogP) is 3.45. The van der Waals surface area contributed by atoms with Crippen molar-refractivity contribution in [1.29, 1.82) is 0 Å². The van der Waals surface area contributed by atoms with Crippen LogP contribution < -0.4 is 5.32 Å². The van der Waals surface area contributed by atoms with Crippen LogP contribution in [0.15, 0.2) is 17.5 Å². The number of halogens is 1. The highest BCUT2D eigenvalue weighted by Gasteiger charge is 1.93. The van der Waals surface area contributed by atoms with Gasteiger partial charge < -0.3 is 5.32 Å². The number of nitrogens with one attached hydrogen (secondary N) is 1. The molecule has 1 N–H and O–H groups in total. The zero-order valence-corrected chi connectivity index (χ0v) is 10.9. The van der Waals surface area contributed by atoms with E-state index in [9.17, 15) is 0 Å². The molecule has 0 atom stereocenters. The van der Waals surface area contributed by atoms with Crippen molar-refractivity contribution in [2.75, 3.05) is 18.4 Å². The van der Waals surface area contributed by atoms with Crippen LogP contribution in [0.3, 0.4) is 0 Å². The lowest BCUT2D eigenvalue weighted by Crippen LogP contribution is -2.18. The number of alkyl halides is 1. The summed E-state index contributed by atoms with van der Waals surface area (Å²) in [6.45, 7) is 2.28. The zero-order chi connectivity index (χ0) is 10.1. The Balaban J connectivity index is 1.85. The molecule has 1 heterocycles. The molecule has 80 valence electrons. The molecule has 0 saturated heterocycles. The molecule has 1 aromatic rings. The van der Waals surface area contributed by atoms with Crippen LogP contribution in [-0.4, -0.2) is 18.4 Å². The standard InChI is InChI=1S/C11H18BrNS/c12-7-2-1-3-8-13-9-6-11-5-4-10-14-11/h4-5,10,13H,1-3,6-9H2. The van der Waals surface area contributed by atoms with Crippen LogP contribution in [0.2, 0.25) is 0 Å². The van der Waals surface area contributed by atoms with Gasteiger partial charge in [0.2, 0.25) is 0 Å². The molecule has 3 heteroatoms. The molecule has 0 unspecified atom stereocenters. The molecule has 1 rings (SSSR count). The molecule has 14 heavy (non-hydrogen) atoms. The van der Waals surface area contributed by atoms with Gasteiger partial charge in [-0.1, -0.05) is 28.4 Å². The van der Waals surface area contributed by atoms with Crippen molar-refractivity contribution in [3.05, 3.63) is 22.4 Å². The summed E-state index contributed by atoms with van der Waals surface area (Å²) in [5.74, 6) is 0.